The normalized spacial score (nSPS) is 21.5. The average molecular weight is 426 g/mol. The highest BCUT2D eigenvalue weighted by atomic mass is 19.1. The number of hydrogen-bond donors (Lipinski definition) is 1. The van der Waals surface area contributed by atoms with Crippen LogP contribution in [0.5, 0.6) is 0 Å². The van der Waals surface area contributed by atoms with Gasteiger partial charge in [0.2, 0.25) is 5.91 Å². The largest absolute Gasteiger partial charge is 0.478 e. The first-order chi connectivity index (χ1) is 15.0. The average Bonchev–Trinajstić information content (AvgIpc) is 3.21. The smallest absolute Gasteiger partial charge is 0.336 e. The molecule has 1 aliphatic carbocycles. The molecule has 1 aromatic heterocycles. The predicted octanol–water partition coefficient (Wildman–Crippen LogP) is 3.92. The van der Waals surface area contributed by atoms with E-state index < -0.39 is 11.8 Å². The molecular formula is C24H28FN3O3. The van der Waals surface area contributed by atoms with Crippen LogP contribution in [0.15, 0.2) is 18.3 Å². The second-order valence-corrected chi connectivity index (χ2v) is 9.19. The summed E-state index contributed by atoms with van der Waals surface area (Å²) in [5, 5.41) is 9.38. The summed E-state index contributed by atoms with van der Waals surface area (Å²) in [5.41, 5.74) is 2.41. The highest BCUT2D eigenvalue weighted by molar-refractivity contribution is 5.90. The topological polar surface area (TPSA) is 75.4 Å². The van der Waals surface area contributed by atoms with Crippen LogP contribution in [-0.2, 0) is 30.7 Å². The van der Waals surface area contributed by atoms with Crippen molar-refractivity contribution in [3.63, 3.8) is 0 Å². The van der Waals surface area contributed by atoms with Gasteiger partial charge in [0.25, 0.3) is 0 Å². The number of halogens is 1. The van der Waals surface area contributed by atoms with Crippen LogP contribution in [-0.4, -0.2) is 38.0 Å². The van der Waals surface area contributed by atoms with E-state index in [1.807, 2.05) is 6.20 Å². The second-order valence-electron chi connectivity index (χ2n) is 9.19. The number of hydrogen-bond acceptors (Lipinski definition) is 3. The van der Waals surface area contributed by atoms with Gasteiger partial charge in [-0.15, -0.1) is 0 Å². The highest BCUT2D eigenvalue weighted by Crippen LogP contribution is 2.35. The molecule has 5 rings (SSSR count). The van der Waals surface area contributed by atoms with Crippen molar-refractivity contribution in [2.45, 2.75) is 70.4 Å². The Morgan fingerprint density at radius 3 is 2.68 bits per heavy atom. The molecule has 1 unspecified atom stereocenters. The number of benzene rings is 1. The molecule has 1 atom stereocenters. The number of aromatic carboxylic acids is 1. The molecule has 2 aliphatic heterocycles. The molecule has 1 fully saturated rings. The summed E-state index contributed by atoms with van der Waals surface area (Å²) in [4.78, 5) is 31.2. The molecule has 1 amide bonds. The fourth-order valence-electron chi connectivity index (χ4n) is 5.68. The minimum absolute atomic E-state index is 0.0129. The molecular weight excluding hydrogens is 397 g/mol. The monoisotopic (exact) mass is 425 g/mol. The van der Waals surface area contributed by atoms with Gasteiger partial charge in [0.15, 0.2) is 0 Å². The van der Waals surface area contributed by atoms with Crippen molar-refractivity contribution in [3.8, 4) is 0 Å². The van der Waals surface area contributed by atoms with Crippen LogP contribution in [0.3, 0.4) is 0 Å². The van der Waals surface area contributed by atoms with Gasteiger partial charge < -0.3 is 14.6 Å². The molecule has 6 nitrogen and oxygen atoms in total. The van der Waals surface area contributed by atoms with Crippen molar-refractivity contribution in [1.82, 2.24) is 14.5 Å². The lowest BCUT2D eigenvalue weighted by molar-refractivity contribution is -0.137. The number of amides is 1. The van der Waals surface area contributed by atoms with Crippen molar-refractivity contribution < 1.29 is 19.1 Å². The van der Waals surface area contributed by atoms with Gasteiger partial charge in [-0.1, -0.05) is 19.3 Å². The van der Waals surface area contributed by atoms with Gasteiger partial charge in [-0.25, -0.2) is 14.2 Å². The Balaban J connectivity index is 1.30. The van der Waals surface area contributed by atoms with Crippen LogP contribution < -0.4 is 0 Å². The van der Waals surface area contributed by atoms with Crippen LogP contribution in [0.4, 0.5) is 4.39 Å². The van der Waals surface area contributed by atoms with Gasteiger partial charge in [-0.05, 0) is 48.9 Å². The lowest BCUT2D eigenvalue weighted by Crippen LogP contribution is -2.42. The molecule has 0 radical (unpaired) electrons. The molecule has 3 aliphatic rings. The zero-order chi connectivity index (χ0) is 21.5. The molecule has 31 heavy (non-hydrogen) atoms. The Morgan fingerprint density at radius 1 is 1.10 bits per heavy atom. The molecule has 1 saturated carbocycles. The maximum Gasteiger partial charge on any atom is 0.336 e. The van der Waals surface area contributed by atoms with Gasteiger partial charge in [-0.3, -0.25) is 4.79 Å². The number of carbonyl (C=O) groups is 2. The van der Waals surface area contributed by atoms with Gasteiger partial charge in [0.05, 0.1) is 5.56 Å². The van der Waals surface area contributed by atoms with Crippen LogP contribution in [0.25, 0.3) is 0 Å². The molecule has 164 valence electrons. The van der Waals surface area contributed by atoms with Crippen molar-refractivity contribution in [2.75, 3.05) is 6.54 Å². The molecule has 7 heteroatoms. The van der Waals surface area contributed by atoms with Crippen LogP contribution in [0.1, 0.15) is 77.4 Å². The van der Waals surface area contributed by atoms with E-state index in [2.05, 4.69) is 4.57 Å². The maximum absolute atomic E-state index is 13.9. The minimum Gasteiger partial charge on any atom is -0.478 e. The van der Waals surface area contributed by atoms with E-state index in [9.17, 15) is 19.1 Å². The Labute approximate surface area is 181 Å². The number of carboxylic acids is 1. The Hall–Kier alpha value is -2.70. The third-order valence-electron chi connectivity index (χ3n) is 7.29. The number of nitrogens with zero attached hydrogens (tertiary/aromatic N) is 3. The van der Waals surface area contributed by atoms with Gasteiger partial charge >= 0.3 is 5.97 Å². The lowest BCUT2D eigenvalue weighted by atomic mass is 9.88. The van der Waals surface area contributed by atoms with Crippen molar-refractivity contribution in [3.05, 3.63) is 52.4 Å². The standard InChI is InChI=1S/C24H28FN3O3/c25-18-10-17-14-27(8-7-20(17)21(12-18)24(30)31)23(29)16-6-9-28-19(11-16)13-26-22(28)15-4-2-1-3-5-15/h10,12-13,15-16H,1-9,11,14H2,(H,30,31). The Morgan fingerprint density at radius 2 is 1.90 bits per heavy atom. The number of imidazole rings is 1. The molecule has 3 heterocycles. The zero-order valence-electron chi connectivity index (χ0n) is 17.6. The summed E-state index contributed by atoms with van der Waals surface area (Å²) in [5.74, 6) is 0.0406. The van der Waals surface area contributed by atoms with Crippen molar-refractivity contribution in [1.29, 1.82) is 0 Å². The van der Waals surface area contributed by atoms with Crippen molar-refractivity contribution in [2.24, 2.45) is 5.92 Å². The van der Waals surface area contributed by atoms with E-state index in [-0.39, 0.29) is 23.9 Å². The fourth-order valence-corrected chi connectivity index (χ4v) is 5.68. The van der Waals surface area contributed by atoms with E-state index in [1.165, 1.54) is 44.0 Å². The summed E-state index contributed by atoms with van der Waals surface area (Å²) in [6, 6.07) is 2.44. The molecule has 1 aromatic carbocycles. The van der Waals surface area contributed by atoms with E-state index in [4.69, 9.17) is 4.98 Å². The summed E-state index contributed by atoms with van der Waals surface area (Å²) in [6.45, 7) is 1.57. The minimum atomic E-state index is -1.12. The quantitative estimate of drug-likeness (QED) is 0.809. The Kier molecular flexibility index (Phi) is 5.28. The molecule has 0 bridgehead atoms. The predicted molar refractivity (Wildman–Crippen MR) is 112 cm³/mol. The molecule has 0 saturated heterocycles. The van der Waals surface area contributed by atoms with Gasteiger partial charge in [0.1, 0.15) is 11.6 Å². The van der Waals surface area contributed by atoms with E-state index in [0.717, 1.165) is 24.7 Å². The number of rotatable bonds is 3. The molecule has 2 aromatic rings. The number of fused-ring (bicyclic) bond motifs is 2. The van der Waals surface area contributed by atoms with E-state index in [1.54, 1.807) is 4.90 Å². The summed E-state index contributed by atoms with van der Waals surface area (Å²) in [7, 11) is 0. The first-order valence-electron chi connectivity index (χ1n) is 11.4. The van der Waals surface area contributed by atoms with E-state index >= 15 is 0 Å². The fraction of sp³-hybridized carbons (Fsp3) is 0.542. The lowest BCUT2D eigenvalue weighted by Gasteiger charge is -2.34. The maximum atomic E-state index is 13.9. The first kappa shape index (κ1) is 20.2. The summed E-state index contributed by atoms with van der Waals surface area (Å²) >= 11 is 0. The summed E-state index contributed by atoms with van der Waals surface area (Å²) in [6.07, 6.45) is 10.1. The molecule has 0 spiro atoms. The number of carbonyl (C=O) groups excluding carboxylic acids is 1. The number of carboxylic acid groups (broad SMARTS) is 1. The molecule has 1 N–H and O–H groups in total. The van der Waals surface area contributed by atoms with Crippen molar-refractivity contribution >= 4 is 11.9 Å². The third-order valence-corrected chi connectivity index (χ3v) is 7.29. The second kappa shape index (κ2) is 8.09. The summed E-state index contributed by atoms with van der Waals surface area (Å²) < 4.78 is 16.3. The van der Waals surface area contributed by atoms with Crippen LogP contribution in [0.2, 0.25) is 0 Å². The van der Waals surface area contributed by atoms with Gasteiger partial charge in [-0.2, -0.15) is 0 Å². The van der Waals surface area contributed by atoms with Crippen LogP contribution in [0, 0.1) is 11.7 Å². The van der Waals surface area contributed by atoms with Crippen LogP contribution >= 0.6 is 0 Å². The first-order valence-corrected chi connectivity index (χ1v) is 11.4. The Bertz CT molecular complexity index is 1030. The SMILES string of the molecule is O=C(O)c1cc(F)cc2c1CCN(C(=O)C1CCn3c(cnc3C3CCCCC3)C1)C2. The third kappa shape index (κ3) is 3.75. The number of aromatic nitrogens is 2. The van der Waals surface area contributed by atoms with Gasteiger partial charge in [0, 0.05) is 49.8 Å². The zero-order valence-corrected chi connectivity index (χ0v) is 17.6. The highest BCUT2D eigenvalue weighted by Gasteiger charge is 2.33. The van der Waals surface area contributed by atoms with E-state index in [0.29, 0.717) is 36.4 Å².